The average molecular weight is 261 g/mol. The Balaban J connectivity index is 2.32. The normalized spacial score (nSPS) is 10.7. The van der Waals surface area contributed by atoms with Crippen molar-refractivity contribution in [3.05, 3.63) is 59.8 Å². The summed E-state index contributed by atoms with van der Waals surface area (Å²) < 4.78 is 1.99. The summed E-state index contributed by atoms with van der Waals surface area (Å²) in [5.41, 5.74) is 2.47. The third-order valence-electron chi connectivity index (χ3n) is 2.19. The van der Waals surface area contributed by atoms with Crippen molar-refractivity contribution in [3.8, 4) is 11.1 Å². The first-order valence-corrected chi connectivity index (χ1v) is 5.65. The van der Waals surface area contributed by atoms with Crippen molar-refractivity contribution in [3.63, 3.8) is 0 Å². The van der Waals surface area contributed by atoms with Crippen LogP contribution < -0.4 is 4.57 Å². The van der Waals surface area contributed by atoms with Crippen LogP contribution in [0.2, 0.25) is 0 Å². The maximum atomic E-state index is 3.25. The molecule has 0 aliphatic heterocycles. The highest BCUT2D eigenvalue weighted by molar-refractivity contribution is 9.11. The van der Waals surface area contributed by atoms with Crippen molar-refractivity contribution in [1.82, 2.24) is 0 Å². The molecule has 74 valence electrons. The summed E-state index contributed by atoms with van der Waals surface area (Å²) >= 11 is 3.25. The molecule has 0 saturated carbocycles. The van der Waals surface area contributed by atoms with E-state index in [0.717, 1.165) is 0 Å². The summed E-state index contributed by atoms with van der Waals surface area (Å²) in [7, 11) is 0. The van der Waals surface area contributed by atoms with E-state index in [4.69, 9.17) is 0 Å². The maximum absolute atomic E-state index is 3.25. The predicted molar refractivity (Wildman–Crippen MR) is 66.3 cm³/mol. The molecule has 0 fully saturated rings. The van der Waals surface area contributed by atoms with E-state index in [1.165, 1.54) is 11.1 Å². The van der Waals surface area contributed by atoms with Gasteiger partial charge in [-0.15, -0.1) is 0 Å². The van der Waals surface area contributed by atoms with E-state index in [0.29, 0.717) is 0 Å². The van der Waals surface area contributed by atoms with Gasteiger partial charge >= 0.3 is 0 Å². The first kappa shape index (κ1) is 10.1. The highest BCUT2D eigenvalue weighted by Gasteiger charge is 1.98. The zero-order chi connectivity index (χ0) is 10.5. The molecule has 2 aromatic rings. The maximum Gasteiger partial charge on any atom is 0.181 e. The highest BCUT2D eigenvalue weighted by atomic mass is 79.9. The second-order valence-electron chi connectivity index (χ2n) is 3.18. The van der Waals surface area contributed by atoms with Gasteiger partial charge in [0, 0.05) is 17.1 Å². The summed E-state index contributed by atoms with van der Waals surface area (Å²) in [6, 6.07) is 14.6. The first-order valence-electron chi connectivity index (χ1n) is 4.73. The number of aromatic nitrogens is 1. The highest BCUT2D eigenvalue weighted by Crippen LogP contribution is 2.16. The summed E-state index contributed by atoms with van der Waals surface area (Å²) in [4.78, 5) is 1.83. The van der Waals surface area contributed by atoms with Gasteiger partial charge in [-0.25, -0.2) is 0 Å². The minimum atomic E-state index is 1.23. The Morgan fingerprint density at radius 2 is 1.47 bits per heavy atom. The zero-order valence-corrected chi connectivity index (χ0v) is 9.76. The molecule has 0 bridgehead atoms. The van der Waals surface area contributed by atoms with E-state index >= 15 is 0 Å². The number of hydrogen-bond donors (Lipinski definition) is 0. The van der Waals surface area contributed by atoms with Crippen LogP contribution in [-0.2, 0) is 0 Å². The number of benzene rings is 1. The lowest BCUT2D eigenvalue weighted by Crippen LogP contribution is -2.23. The monoisotopic (exact) mass is 260 g/mol. The van der Waals surface area contributed by atoms with Gasteiger partial charge in [0.2, 0.25) is 0 Å². The van der Waals surface area contributed by atoms with Crippen molar-refractivity contribution < 1.29 is 4.57 Å². The first-order chi connectivity index (χ1) is 7.40. The Hall–Kier alpha value is -1.41. The molecule has 15 heavy (non-hydrogen) atoms. The molecule has 0 radical (unpaired) electrons. The molecule has 0 N–H and O–H groups in total. The van der Waals surface area contributed by atoms with Gasteiger partial charge in [0.25, 0.3) is 0 Å². The summed E-state index contributed by atoms with van der Waals surface area (Å²) in [6.45, 7) is 0. The molecule has 0 amide bonds. The molecule has 1 heterocycles. The predicted octanol–water partition coefficient (Wildman–Crippen LogP) is 3.46. The van der Waals surface area contributed by atoms with Gasteiger partial charge in [0.1, 0.15) is 0 Å². The summed E-state index contributed by atoms with van der Waals surface area (Å²) in [5.74, 6) is 0. The van der Waals surface area contributed by atoms with Crippen molar-refractivity contribution in [2.75, 3.05) is 0 Å². The minimum Gasteiger partial charge on any atom is -0.173 e. The van der Waals surface area contributed by atoms with Crippen molar-refractivity contribution >= 4 is 22.1 Å². The van der Waals surface area contributed by atoms with Crippen LogP contribution in [0, 0.1) is 0 Å². The SMILES string of the molecule is Br/C=C\[n+]1ccc(-c2ccccc2)cc1. The van der Waals surface area contributed by atoms with Gasteiger partial charge < -0.3 is 0 Å². The minimum absolute atomic E-state index is 1.23. The number of hydrogen-bond acceptors (Lipinski definition) is 0. The molecular weight excluding hydrogens is 250 g/mol. The molecule has 0 spiro atoms. The fourth-order valence-electron chi connectivity index (χ4n) is 1.43. The molecule has 0 atom stereocenters. The summed E-state index contributed by atoms with van der Waals surface area (Å²) in [6.07, 6.45) is 6.00. The molecule has 0 aliphatic rings. The van der Waals surface area contributed by atoms with E-state index in [1.54, 1.807) is 0 Å². The van der Waals surface area contributed by atoms with Gasteiger partial charge in [-0.3, -0.25) is 0 Å². The summed E-state index contributed by atoms with van der Waals surface area (Å²) in [5, 5.41) is 0. The second kappa shape index (κ2) is 4.89. The Morgan fingerprint density at radius 3 is 2.07 bits per heavy atom. The topological polar surface area (TPSA) is 3.88 Å². The third kappa shape index (κ3) is 2.54. The van der Waals surface area contributed by atoms with Crippen LogP contribution in [-0.4, -0.2) is 0 Å². The van der Waals surface area contributed by atoms with E-state index in [-0.39, 0.29) is 0 Å². The Morgan fingerprint density at radius 1 is 0.867 bits per heavy atom. The smallest absolute Gasteiger partial charge is 0.173 e. The van der Waals surface area contributed by atoms with Gasteiger partial charge in [-0.05, 0) is 11.1 Å². The standard InChI is InChI=1S/C13H11BrN/c14-8-11-15-9-6-13(7-10-15)12-4-2-1-3-5-12/h1-11H/q+1/b11-8-. The number of rotatable bonds is 2. The lowest BCUT2D eigenvalue weighted by atomic mass is 10.1. The molecule has 1 aromatic carbocycles. The molecule has 1 aromatic heterocycles. The number of pyridine rings is 1. The van der Waals surface area contributed by atoms with Gasteiger partial charge in [0.15, 0.2) is 18.6 Å². The van der Waals surface area contributed by atoms with Crippen LogP contribution >= 0.6 is 15.9 Å². The fraction of sp³-hybridized carbons (Fsp3) is 0. The van der Waals surface area contributed by atoms with Crippen LogP contribution in [0.4, 0.5) is 0 Å². The Bertz CT molecular complexity index is 446. The molecule has 0 aliphatic carbocycles. The molecule has 2 rings (SSSR count). The molecule has 1 nitrogen and oxygen atoms in total. The largest absolute Gasteiger partial charge is 0.181 e. The number of nitrogens with zero attached hydrogens (tertiary/aromatic N) is 1. The van der Waals surface area contributed by atoms with Crippen LogP contribution in [0.1, 0.15) is 0 Å². The van der Waals surface area contributed by atoms with Crippen molar-refractivity contribution in [1.29, 1.82) is 0 Å². The molecular formula is C13H11BrN+. The van der Waals surface area contributed by atoms with Gasteiger partial charge in [-0.2, -0.15) is 4.57 Å². The number of halogens is 1. The van der Waals surface area contributed by atoms with Gasteiger partial charge in [0.05, 0.1) is 0 Å². The van der Waals surface area contributed by atoms with Crippen LogP contribution in [0.15, 0.2) is 59.8 Å². The van der Waals surface area contributed by atoms with Gasteiger partial charge in [-0.1, -0.05) is 46.3 Å². The lowest BCUT2D eigenvalue weighted by molar-refractivity contribution is -0.567. The fourth-order valence-corrected chi connectivity index (χ4v) is 1.70. The third-order valence-corrected chi connectivity index (χ3v) is 2.42. The lowest BCUT2D eigenvalue weighted by Gasteiger charge is -1.98. The Labute approximate surface area is 97.8 Å². The second-order valence-corrected chi connectivity index (χ2v) is 3.70. The molecule has 2 heteroatoms. The van der Waals surface area contributed by atoms with E-state index in [9.17, 15) is 0 Å². The quantitative estimate of drug-likeness (QED) is 0.729. The zero-order valence-electron chi connectivity index (χ0n) is 8.18. The van der Waals surface area contributed by atoms with E-state index in [1.807, 2.05) is 34.2 Å². The van der Waals surface area contributed by atoms with Crippen molar-refractivity contribution in [2.45, 2.75) is 0 Å². The van der Waals surface area contributed by atoms with Crippen molar-refractivity contribution in [2.24, 2.45) is 0 Å². The van der Waals surface area contributed by atoms with E-state index < -0.39 is 0 Å². The average Bonchev–Trinajstić information content (AvgIpc) is 2.32. The van der Waals surface area contributed by atoms with Crippen LogP contribution in [0.5, 0.6) is 0 Å². The van der Waals surface area contributed by atoms with E-state index in [2.05, 4.69) is 52.3 Å². The van der Waals surface area contributed by atoms with Crippen LogP contribution in [0.3, 0.4) is 0 Å². The molecule has 0 unspecified atom stereocenters. The molecule has 0 saturated heterocycles. The van der Waals surface area contributed by atoms with Crippen LogP contribution in [0.25, 0.3) is 17.3 Å². The Kier molecular flexibility index (Phi) is 3.30.